The van der Waals surface area contributed by atoms with Crippen molar-refractivity contribution in [2.75, 3.05) is 18.0 Å². The number of nitrogens with zero attached hydrogens (tertiary/aromatic N) is 5. The van der Waals surface area contributed by atoms with Crippen molar-refractivity contribution in [3.8, 4) is 0 Å². The number of hydrogen-bond donors (Lipinski definition) is 0. The highest BCUT2D eigenvalue weighted by Gasteiger charge is 2.22. The van der Waals surface area contributed by atoms with Crippen molar-refractivity contribution >= 4 is 23.2 Å². The summed E-state index contributed by atoms with van der Waals surface area (Å²) in [7, 11) is 0. The lowest BCUT2D eigenvalue weighted by Gasteiger charge is -2.32. The standard InChI is InChI=1S/C12H16ClN5/c1-2-17(7-9-4-3-5-9)11-6-10(13)16-12-14-8-15-18(11)12/h6,8-9H,2-5,7H2,1H3. The molecule has 0 bridgehead atoms. The minimum Gasteiger partial charge on any atom is -0.356 e. The van der Waals surface area contributed by atoms with E-state index in [2.05, 4.69) is 26.9 Å². The lowest BCUT2D eigenvalue weighted by molar-refractivity contribution is 0.317. The average Bonchev–Trinajstić information content (AvgIpc) is 2.75. The smallest absolute Gasteiger partial charge is 0.255 e. The Balaban J connectivity index is 1.96. The fourth-order valence-electron chi connectivity index (χ4n) is 2.37. The van der Waals surface area contributed by atoms with Gasteiger partial charge in [0.2, 0.25) is 0 Å². The van der Waals surface area contributed by atoms with Gasteiger partial charge >= 0.3 is 0 Å². The van der Waals surface area contributed by atoms with E-state index in [4.69, 9.17) is 11.6 Å². The summed E-state index contributed by atoms with van der Waals surface area (Å²) in [6, 6.07) is 1.87. The van der Waals surface area contributed by atoms with Crippen LogP contribution in [0.15, 0.2) is 12.4 Å². The second kappa shape index (κ2) is 4.72. The first kappa shape index (κ1) is 11.7. The lowest BCUT2D eigenvalue weighted by Crippen LogP contribution is -2.33. The van der Waals surface area contributed by atoms with E-state index < -0.39 is 0 Å². The van der Waals surface area contributed by atoms with Gasteiger partial charge in [-0.2, -0.15) is 19.6 Å². The van der Waals surface area contributed by atoms with Crippen LogP contribution in [-0.2, 0) is 0 Å². The van der Waals surface area contributed by atoms with Gasteiger partial charge in [-0.15, -0.1) is 0 Å². The molecule has 96 valence electrons. The van der Waals surface area contributed by atoms with E-state index in [0.717, 1.165) is 24.8 Å². The predicted molar refractivity (Wildman–Crippen MR) is 71.0 cm³/mol. The molecule has 1 aliphatic rings. The molecule has 1 fully saturated rings. The van der Waals surface area contributed by atoms with E-state index >= 15 is 0 Å². The molecule has 0 aliphatic heterocycles. The first-order valence-corrected chi connectivity index (χ1v) is 6.77. The Kier molecular flexibility index (Phi) is 3.07. The number of rotatable bonds is 4. The van der Waals surface area contributed by atoms with Crippen molar-refractivity contribution in [2.45, 2.75) is 26.2 Å². The van der Waals surface area contributed by atoms with Crippen LogP contribution in [0.3, 0.4) is 0 Å². The third-order valence-corrected chi connectivity index (χ3v) is 3.80. The zero-order valence-corrected chi connectivity index (χ0v) is 11.1. The summed E-state index contributed by atoms with van der Waals surface area (Å²) in [6.45, 7) is 4.15. The molecule has 5 nitrogen and oxygen atoms in total. The molecule has 2 aromatic heterocycles. The SMILES string of the molecule is CCN(CC1CCC1)c1cc(Cl)nc2ncnn12. The van der Waals surface area contributed by atoms with Gasteiger partial charge in [0.15, 0.2) is 0 Å². The van der Waals surface area contributed by atoms with Gasteiger partial charge < -0.3 is 4.90 Å². The van der Waals surface area contributed by atoms with E-state index in [-0.39, 0.29) is 0 Å². The van der Waals surface area contributed by atoms with E-state index in [0.29, 0.717) is 10.9 Å². The highest BCUT2D eigenvalue weighted by molar-refractivity contribution is 6.29. The van der Waals surface area contributed by atoms with Crippen LogP contribution in [0.1, 0.15) is 26.2 Å². The summed E-state index contributed by atoms with van der Waals surface area (Å²) < 4.78 is 1.76. The van der Waals surface area contributed by atoms with E-state index in [1.54, 1.807) is 4.52 Å². The van der Waals surface area contributed by atoms with Crippen molar-refractivity contribution < 1.29 is 0 Å². The van der Waals surface area contributed by atoms with Crippen molar-refractivity contribution in [1.82, 2.24) is 19.6 Å². The molecule has 2 aromatic rings. The Labute approximate surface area is 111 Å². The first-order chi connectivity index (χ1) is 8.78. The Morgan fingerprint density at radius 3 is 3.00 bits per heavy atom. The third-order valence-electron chi connectivity index (χ3n) is 3.61. The van der Waals surface area contributed by atoms with Gasteiger partial charge in [-0.25, -0.2) is 0 Å². The minimum absolute atomic E-state index is 0.470. The largest absolute Gasteiger partial charge is 0.356 e. The average molecular weight is 266 g/mol. The first-order valence-electron chi connectivity index (χ1n) is 6.39. The second-order valence-electron chi connectivity index (χ2n) is 4.74. The summed E-state index contributed by atoms with van der Waals surface area (Å²) in [6.07, 6.45) is 5.53. The Hall–Kier alpha value is -1.36. The summed E-state index contributed by atoms with van der Waals surface area (Å²) in [5.74, 6) is 2.34. The molecule has 1 saturated carbocycles. The number of halogens is 1. The van der Waals surface area contributed by atoms with Gasteiger partial charge in [0.05, 0.1) is 0 Å². The van der Waals surface area contributed by atoms with Crippen LogP contribution in [0.4, 0.5) is 5.82 Å². The van der Waals surface area contributed by atoms with Gasteiger partial charge in [-0.1, -0.05) is 18.0 Å². The Morgan fingerprint density at radius 1 is 1.50 bits per heavy atom. The zero-order chi connectivity index (χ0) is 12.5. The van der Waals surface area contributed by atoms with Crippen LogP contribution in [0.5, 0.6) is 0 Å². The van der Waals surface area contributed by atoms with Gasteiger partial charge in [0, 0.05) is 19.2 Å². The summed E-state index contributed by atoms with van der Waals surface area (Å²) in [5.41, 5.74) is 0. The third kappa shape index (κ3) is 2.03. The topological polar surface area (TPSA) is 46.3 Å². The molecular formula is C12H16ClN5. The van der Waals surface area contributed by atoms with Crippen LogP contribution in [0.2, 0.25) is 5.15 Å². The van der Waals surface area contributed by atoms with Gasteiger partial charge in [-0.3, -0.25) is 0 Å². The molecule has 0 amide bonds. The maximum Gasteiger partial charge on any atom is 0.255 e. The van der Waals surface area contributed by atoms with Crippen LogP contribution in [-0.4, -0.2) is 32.7 Å². The molecule has 0 atom stereocenters. The summed E-state index contributed by atoms with van der Waals surface area (Å²) in [4.78, 5) is 10.6. The highest BCUT2D eigenvalue weighted by Crippen LogP contribution is 2.29. The minimum atomic E-state index is 0.470. The maximum atomic E-state index is 6.05. The van der Waals surface area contributed by atoms with Crippen LogP contribution in [0, 0.1) is 5.92 Å². The van der Waals surface area contributed by atoms with Gasteiger partial charge in [0.1, 0.15) is 17.3 Å². The van der Waals surface area contributed by atoms with E-state index in [1.807, 2.05) is 6.07 Å². The molecule has 0 spiro atoms. The predicted octanol–water partition coefficient (Wildman–Crippen LogP) is 2.40. The Bertz CT molecular complexity index is 548. The van der Waals surface area contributed by atoms with Crippen LogP contribution >= 0.6 is 11.6 Å². The van der Waals surface area contributed by atoms with Crippen molar-refractivity contribution in [3.63, 3.8) is 0 Å². The lowest BCUT2D eigenvalue weighted by atomic mass is 9.85. The number of fused-ring (bicyclic) bond motifs is 1. The van der Waals surface area contributed by atoms with Crippen molar-refractivity contribution in [1.29, 1.82) is 0 Å². The Morgan fingerprint density at radius 2 is 2.33 bits per heavy atom. The van der Waals surface area contributed by atoms with Gasteiger partial charge in [-0.05, 0) is 25.7 Å². The molecule has 0 aromatic carbocycles. The quantitative estimate of drug-likeness (QED) is 0.797. The summed E-state index contributed by atoms with van der Waals surface area (Å²) >= 11 is 6.05. The van der Waals surface area contributed by atoms with E-state index in [1.165, 1.54) is 25.6 Å². The number of anilines is 1. The molecule has 1 aliphatic carbocycles. The maximum absolute atomic E-state index is 6.05. The van der Waals surface area contributed by atoms with Crippen LogP contribution < -0.4 is 4.90 Å². The molecule has 0 saturated heterocycles. The zero-order valence-electron chi connectivity index (χ0n) is 10.4. The fourth-order valence-corrected chi connectivity index (χ4v) is 2.54. The molecule has 0 radical (unpaired) electrons. The van der Waals surface area contributed by atoms with Gasteiger partial charge in [0.25, 0.3) is 5.78 Å². The number of hydrogen-bond acceptors (Lipinski definition) is 4. The normalized spacial score (nSPS) is 15.9. The molecule has 6 heteroatoms. The summed E-state index contributed by atoms with van der Waals surface area (Å²) in [5, 5.41) is 4.69. The van der Waals surface area contributed by atoms with Crippen molar-refractivity contribution in [2.24, 2.45) is 5.92 Å². The molecule has 18 heavy (non-hydrogen) atoms. The molecule has 0 N–H and O–H groups in total. The van der Waals surface area contributed by atoms with E-state index in [9.17, 15) is 0 Å². The highest BCUT2D eigenvalue weighted by atomic mass is 35.5. The van der Waals surface area contributed by atoms with Crippen molar-refractivity contribution in [3.05, 3.63) is 17.5 Å². The molecular weight excluding hydrogens is 250 g/mol. The molecule has 2 heterocycles. The van der Waals surface area contributed by atoms with Crippen LogP contribution in [0.25, 0.3) is 5.78 Å². The molecule has 3 rings (SSSR count). The molecule has 0 unspecified atom stereocenters. The monoisotopic (exact) mass is 265 g/mol. The fraction of sp³-hybridized carbons (Fsp3) is 0.583. The second-order valence-corrected chi connectivity index (χ2v) is 5.13. The number of aromatic nitrogens is 4.